The molecule has 12 N–H and O–H groups in total. The summed E-state index contributed by atoms with van der Waals surface area (Å²) in [6.45, 7) is -0.485. The monoisotopic (exact) mass is 1050 g/mol. The second-order valence-electron chi connectivity index (χ2n) is 19.6. The van der Waals surface area contributed by atoms with Crippen molar-refractivity contribution in [3.8, 4) is 0 Å². The maximum atomic E-state index is 14.4. The van der Waals surface area contributed by atoms with Gasteiger partial charge in [-0.25, -0.2) is 18.8 Å². The SMILES string of the molecule is O=C(O)C1O[C@@H](OC2CCC/C(=C3\CCC([C@@H]4[C@@H](OC[C@H](O[C@@H]5OC(C(=O)O)[C@@H](O)C(O)CC5O)c5ccc(F)cc5)C(=O)N4c4ccccc4)CC(O[C@@H]4OC(C(=O)O)[C@@H](O)C(O)C4O)C3)C2)C(O)C(O)[C@@H]1O. The van der Waals surface area contributed by atoms with Crippen LogP contribution in [-0.2, 0) is 52.3 Å². The van der Waals surface area contributed by atoms with E-state index in [-0.39, 0.29) is 24.8 Å². The first-order chi connectivity index (χ1) is 35.2. The highest BCUT2D eigenvalue weighted by Crippen LogP contribution is 2.45. The van der Waals surface area contributed by atoms with Crippen LogP contribution in [0.2, 0.25) is 0 Å². The van der Waals surface area contributed by atoms with Crippen molar-refractivity contribution < 1.29 is 118 Å². The van der Waals surface area contributed by atoms with Crippen molar-refractivity contribution in [3.05, 3.63) is 77.1 Å². The number of amides is 1. The first-order valence-corrected chi connectivity index (χ1v) is 24.4. The van der Waals surface area contributed by atoms with Gasteiger partial charge >= 0.3 is 17.9 Å². The van der Waals surface area contributed by atoms with Gasteiger partial charge in [-0.05, 0) is 87.1 Å². The van der Waals surface area contributed by atoms with Crippen molar-refractivity contribution in [2.24, 2.45) is 5.92 Å². The van der Waals surface area contributed by atoms with Crippen molar-refractivity contribution >= 4 is 29.5 Å². The van der Waals surface area contributed by atoms with Gasteiger partial charge in [-0.15, -0.1) is 0 Å². The summed E-state index contributed by atoms with van der Waals surface area (Å²) in [6.07, 6.45) is -30.1. The van der Waals surface area contributed by atoms with Crippen LogP contribution in [0.1, 0.15) is 69.5 Å². The third kappa shape index (κ3) is 12.0. The molecule has 0 radical (unpaired) electrons. The molecule has 25 heteroatoms. The van der Waals surface area contributed by atoms with E-state index in [0.29, 0.717) is 37.8 Å². The van der Waals surface area contributed by atoms with Gasteiger partial charge < -0.3 is 99.3 Å². The number of carboxylic acids is 3. The van der Waals surface area contributed by atoms with Crippen molar-refractivity contribution in [2.45, 2.75) is 180 Å². The molecular formula is C49H62FNO23. The largest absolute Gasteiger partial charge is 0.479 e. The van der Waals surface area contributed by atoms with Crippen LogP contribution in [0.4, 0.5) is 10.1 Å². The van der Waals surface area contributed by atoms with Crippen LogP contribution in [0.3, 0.4) is 0 Å². The summed E-state index contributed by atoms with van der Waals surface area (Å²) in [5, 5.41) is 125. The number of hydrogen-bond donors (Lipinski definition) is 12. The van der Waals surface area contributed by atoms with Crippen LogP contribution < -0.4 is 4.90 Å². The average molecular weight is 1050 g/mol. The summed E-state index contributed by atoms with van der Waals surface area (Å²) >= 11 is 0. The molecule has 24 nitrogen and oxygen atoms in total. The second-order valence-corrected chi connectivity index (χ2v) is 19.6. The molecule has 4 saturated heterocycles. The second kappa shape index (κ2) is 23.7. The van der Waals surface area contributed by atoms with E-state index in [4.69, 9.17) is 33.2 Å². The Morgan fingerprint density at radius 2 is 1.16 bits per heavy atom. The number of para-hydroxylation sites is 1. The fraction of sp³-hybridized carbons (Fsp3) is 0.633. The van der Waals surface area contributed by atoms with Gasteiger partial charge in [0.15, 0.2) is 43.3 Å². The van der Waals surface area contributed by atoms with Crippen molar-refractivity contribution in [2.75, 3.05) is 11.5 Å². The van der Waals surface area contributed by atoms with Crippen LogP contribution in [0.5, 0.6) is 0 Å². The Balaban J connectivity index is 1.09. The number of ether oxygens (including phenoxy) is 7. The number of rotatable bonds is 15. The molecule has 74 heavy (non-hydrogen) atoms. The van der Waals surface area contributed by atoms with Crippen LogP contribution >= 0.6 is 0 Å². The van der Waals surface area contributed by atoms with Gasteiger partial charge in [0.25, 0.3) is 5.91 Å². The summed E-state index contributed by atoms with van der Waals surface area (Å²) in [6, 6.07) is 12.7. The summed E-state index contributed by atoms with van der Waals surface area (Å²) < 4.78 is 55.7. The number of carbonyl (C=O) groups excluding carboxylic acids is 1. The standard InChI is InChI=1S/C49H62FNO23/c50-24-13-11-20(12-14-24)30(71-47-29(53)18-28(52)32(54)40(72-47)44(62)63)19-68-39-31(51(43(39)61)25-6-2-1-3-7-25)23-10-9-22(16-27(17-23)70-49-38(60)34(56)36(58)42(74-49)46(66)67)21-5-4-8-26(15-21)69-48-37(59)33(55)35(57)41(73-48)45(64)65/h1-3,6-7,11-14,23,26-42,47-49,52-60H,4-5,8-10,15-19H2,(H,62,63)(H,64,65)(H,66,67)/b22-21-/t23?,26?,27?,28?,29?,30-,31+,32-,33?,34?,35-,36-,37?,38?,39+,40?,41?,42?,47+,48+,49+/m0/s1. The highest BCUT2D eigenvalue weighted by Gasteiger charge is 2.55. The van der Waals surface area contributed by atoms with Gasteiger partial charge in [-0.2, -0.15) is 0 Å². The van der Waals surface area contributed by atoms with E-state index in [0.717, 1.165) is 23.3 Å². The van der Waals surface area contributed by atoms with E-state index >= 15 is 0 Å². The molecular weight excluding hydrogens is 990 g/mol. The Labute approximate surface area is 421 Å². The third-order valence-corrected chi connectivity index (χ3v) is 14.7. The normalized spacial score (nSPS) is 40.6. The number of hydrogen-bond acceptors (Lipinski definition) is 20. The van der Waals surface area contributed by atoms with E-state index in [9.17, 15) is 84.8 Å². The molecule has 21 atom stereocenters. The topological polar surface area (TPSA) is 379 Å². The van der Waals surface area contributed by atoms with Crippen molar-refractivity contribution in [1.29, 1.82) is 0 Å². The number of anilines is 1. The Hall–Kier alpha value is -4.65. The lowest BCUT2D eigenvalue weighted by atomic mass is 9.80. The zero-order chi connectivity index (χ0) is 53.3. The number of aliphatic hydroxyl groups excluding tert-OH is 9. The van der Waals surface area contributed by atoms with Crippen LogP contribution in [0.15, 0.2) is 65.7 Å². The quantitative estimate of drug-likeness (QED) is 0.0553. The molecule has 0 aromatic heterocycles. The minimum absolute atomic E-state index is 0.0843. The van der Waals surface area contributed by atoms with Gasteiger partial charge in [0.2, 0.25) is 0 Å². The van der Waals surface area contributed by atoms with Crippen LogP contribution in [0.25, 0.3) is 0 Å². The van der Waals surface area contributed by atoms with E-state index in [2.05, 4.69) is 0 Å². The van der Waals surface area contributed by atoms with E-state index < -0.39 is 171 Å². The van der Waals surface area contributed by atoms with Crippen LogP contribution in [0, 0.1) is 11.7 Å². The average Bonchev–Trinajstić information content (AvgIpc) is 3.64. The van der Waals surface area contributed by atoms with Gasteiger partial charge in [-0.3, -0.25) is 4.79 Å². The lowest BCUT2D eigenvalue weighted by Crippen LogP contribution is -2.69. The summed E-state index contributed by atoms with van der Waals surface area (Å²) in [7, 11) is 0. The molecule has 6 fully saturated rings. The number of benzene rings is 2. The molecule has 4 aliphatic heterocycles. The van der Waals surface area contributed by atoms with Crippen LogP contribution in [-0.4, -0.2) is 208 Å². The Kier molecular flexibility index (Phi) is 17.8. The summed E-state index contributed by atoms with van der Waals surface area (Å²) in [4.78, 5) is 52.0. The van der Waals surface area contributed by atoms with E-state index in [1.807, 2.05) is 0 Å². The highest BCUT2D eigenvalue weighted by molar-refractivity contribution is 6.05. The number of β-lactam (4-membered cyclic amide) rings is 1. The molecule has 1 amide bonds. The number of aliphatic carboxylic acids is 3. The minimum atomic E-state index is -2.03. The lowest BCUT2D eigenvalue weighted by molar-refractivity contribution is -0.305. The predicted octanol–water partition coefficient (Wildman–Crippen LogP) is -1.42. The van der Waals surface area contributed by atoms with E-state index in [1.165, 1.54) is 17.0 Å². The molecule has 8 rings (SSSR count). The first-order valence-electron chi connectivity index (χ1n) is 24.4. The molecule has 12 unspecified atom stereocenters. The predicted molar refractivity (Wildman–Crippen MR) is 242 cm³/mol. The summed E-state index contributed by atoms with van der Waals surface area (Å²) in [5.41, 5.74) is 2.42. The molecule has 0 bridgehead atoms. The van der Waals surface area contributed by atoms with E-state index in [1.54, 1.807) is 30.3 Å². The molecule has 4 heterocycles. The number of aliphatic hydroxyl groups is 9. The van der Waals surface area contributed by atoms with Gasteiger partial charge in [0.1, 0.15) is 60.8 Å². The van der Waals surface area contributed by atoms with Gasteiger partial charge in [0, 0.05) is 12.1 Å². The Morgan fingerprint density at radius 1 is 0.622 bits per heavy atom. The molecule has 0 spiro atoms. The maximum absolute atomic E-state index is 14.4. The molecule has 2 aromatic rings. The molecule has 2 saturated carbocycles. The molecule has 6 aliphatic rings. The highest BCUT2D eigenvalue weighted by atomic mass is 19.1. The number of carboxylic acid groups (broad SMARTS) is 3. The molecule has 2 aromatic carbocycles. The molecule has 408 valence electrons. The fourth-order valence-electron chi connectivity index (χ4n) is 10.8. The zero-order valence-corrected chi connectivity index (χ0v) is 39.6. The third-order valence-electron chi connectivity index (χ3n) is 14.7. The Morgan fingerprint density at radius 3 is 1.76 bits per heavy atom. The molecule has 2 aliphatic carbocycles. The summed E-state index contributed by atoms with van der Waals surface area (Å²) in [5.74, 6) is -6.56. The van der Waals surface area contributed by atoms with Crippen molar-refractivity contribution in [3.63, 3.8) is 0 Å². The lowest BCUT2D eigenvalue weighted by Gasteiger charge is -2.51. The number of nitrogens with zero attached hydrogens (tertiary/aromatic N) is 1. The minimum Gasteiger partial charge on any atom is -0.479 e. The Bertz CT molecular complexity index is 2310. The first kappa shape index (κ1) is 55.6. The van der Waals surface area contributed by atoms with Gasteiger partial charge in [0.05, 0.1) is 31.0 Å². The van der Waals surface area contributed by atoms with Gasteiger partial charge in [-0.1, -0.05) is 41.5 Å². The zero-order valence-electron chi connectivity index (χ0n) is 39.6. The van der Waals surface area contributed by atoms with Crippen molar-refractivity contribution in [1.82, 2.24) is 0 Å². The number of carbonyl (C=O) groups is 4. The maximum Gasteiger partial charge on any atom is 0.335 e. The smallest absolute Gasteiger partial charge is 0.335 e. The number of halogens is 1. The fourth-order valence-corrected chi connectivity index (χ4v) is 10.8.